The third-order valence-electron chi connectivity index (χ3n) is 6.89. The molecule has 0 aromatic heterocycles. The van der Waals surface area contributed by atoms with Gasteiger partial charge in [0.25, 0.3) is 0 Å². The van der Waals surface area contributed by atoms with Crippen molar-refractivity contribution in [1.29, 1.82) is 0 Å². The zero-order valence-electron chi connectivity index (χ0n) is 17.7. The number of carbonyl (C=O) groups excluding carboxylic acids is 2. The molecule has 2 saturated heterocycles. The molecule has 2 amide bonds. The molecule has 0 spiro atoms. The lowest BCUT2D eigenvalue weighted by Crippen LogP contribution is -2.67. The van der Waals surface area contributed by atoms with E-state index in [2.05, 4.69) is 17.3 Å². The standard InChI is InChI=1S/C23H33N3O3/c1-25-11-10-18(14-25)21(27)26-15-23(16-26,22(28)24-19-7-3-4-8-19)13-17-6-5-9-20(12-17)29-2/h5-6,9,12,18-19H,3-4,7-8,10-11,13-16H2,1-2H3,(H,24,28). The molecule has 1 N–H and O–H groups in total. The molecule has 29 heavy (non-hydrogen) atoms. The Morgan fingerprint density at radius 3 is 2.62 bits per heavy atom. The molecule has 2 heterocycles. The van der Waals surface area contributed by atoms with Gasteiger partial charge in [-0.2, -0.15) is 0 Å². The lowest BCUT2D eigenvalue weighted by molar-refractivity contribution is -0.156. The third kappa shape index (κ3) is 4.27. The second-order valence-electron chi connectivity index (χ2n) is 9.21. The van der Waals surface area contributed by atoms with Crippen LogP contribution in [0.25, 0.3) is 0 Å². The monoisotopic (exact) mass is 399 g/mol. The molecule has 1 aromatic rings. The molecule has 1 unspecified atom stereocenters. The molecule has 1 saturated carbocycles. The van der Waals surface area contributed by atoms with Crippen molar-refractivity contribution < 1.29 is 14.3 Å². The Labute approximate surface area is 173 Å². The van der Waals surface area contributed by atoms with Gasteiger partial charge in [0.1, 0.15) is 5.75 Å². The van der Waals surface area contributed by atoms with Crippen LogP contribution in [0.2, 0.25) is 0 Å². The molecular weight excluding hydrogens is 366 g/mol. The van der Waals surface area contributed by atoms with Crippen molar-refractivity contribution in [1.82, 2.24) is 15.1 Å². The highest BCUT2D eigenvalue weighted by molar-refractivity contribution is 5.89. The number of nitrogens with one attached hydrogen (secondary N) is 1. The maximum atomic E-state index is 13.3. The summed E-state index contributed by atoms with van der Waals surface area (Å²) in [7, 11) is 3.72. The van der Waals surface area contributed by atoms with E-state index in [0.29, 0.717) is 19.5 Å². The van der Waals surface area contributed by atoms with E-state index in [-0.39, 0.29) is 23.8 Å². The average Bonchev–Trinajstić information content (AvgIpc) is 3.35. The van der Waals surface area contributed by atoms with Crippen LogP contribution in [0.5, 0.6) is 5.75 Å². The summed E-state index contributed by atoms with van der Waals surface area (Å²) in [6, 6.07) is 8.22. The quantitative estimate of drug-likeness (QED) is 0.796. The first kappa shape index (κ1) is 20.2. The predicted molar refractivity (Wildman–Crippen MR) is 112 cm³/mol. The van der Waals surface area contributed by atoms with Gasteiger partial charge in [-0.3, -0.25) is 9.59 Å². The van der Waals surface area contributed by atoms with Gasteiger partial charge < -0.3 is 19.9 Å². The van der Waals surface area contributed by atoms with Crippen LogP contribution in [0.15, 0.2) is 24.3 Å². The maximum Gasteiger partial charge on any atom is 0.230 e. The fourth-order valence-corrected chi connectivity index (χ4v) is 5.15. The Morgan fingerprint density at radius 2 is 1.97 bits per heavy atom. The largest absolute Gasteiger partial charge is 0.497 e. The zero-order chi connectivity index (χ0) is 20.4. The number of likely N-dealkylation sites (tertiary alicyclic amines) is 2. The topological polar surface area (TPSA) is 61.9 Å². The molecule has 3 aliphatic rings. The molecule has 6 nitrogen and oxygen atoms in total. The predicted octanol–water partition coefficient (Wildman–Crippen LogP) is 2.08. The van der Waals surface area contributed by atoms with Gasteiger partial charge in [0.2, 0.25) is 11.8 Å². The summed E-state index contributed by atoms with van der Waals surface area (Å²) >= 11 is 0. The highest BCUT2D eigenvalue weighted by atomic mass is 16.5. The van der Waals surface area contributed by atoms with E-state index < -0.39 is 5.41 Å². The molecule has 1 aromatic carbocycles. The van der Waals surface area contributed by atoms with E-state index in [9.17, 15) is 9.59 Å². The normalized spacial score (nSPS) is 24.3. The van der Waals surface area contributed by atoms with Gasteiger partial charge in [-0.05, 0) is 57.0 Å². The van der Waals surface area contributed by atoms with Crippen LogP contribution < -0.4 is 10.1 Å². The molecule has 1 aliphatic carbocycles. The van der Waals surface area contributed by atoms with E-state index in [4.69, 9.17) is 4.74 Å². The van der Waals surface area contributed by atoms with Gasteiger partial charge in [0, 0.05) is 25.7 Å². The number of hydrogen-bond acceptors (Lipinski definition) is 4. The summed E-state index contributed by atoms with van der Waals surface area (Å²) in [5.41, 5.74) is 0.549. The number of rotatable bonds is 6. The van der Waals surface area contributed by atoms with E-state index in [1.807, 2.05) is 29.2 Å². The first-order valence-electron chi connectivity index (χ1n) is 10.9. The minimum Gasteiger partial charge on any atom is -0.497 e. The molecule has 4 rings (SSSR count). The minimum atomic E-state index is -0.533. The molecular formula is C23H33N3O3. The van der Waals surface area contributed by atoms with Gasteiger partial charge >= 0.3 is 0 Å². The second kappa shape index (κ2) is 8.34. The molecule has 0 radical (unpaired) electrons. The van der Waals surface area contributed by atoms with Crippen molar-refractivity contribution >= 4 is 11.8 Å². The molecule has 6 heteroatoms. The SMILES string of the molecule is COc1cccc(CC2(C(=O)NC3CCCC3)CN(C(=O)C3CCN(C)C3)C2)c1. The minimum absolute atomic E-state index is 0.0766. The number of ether oxygens (including phenoxy) is 1. The molecule has 0 bridgehead atoms. The smallest absolute Gasteiger partial charge is 0.230 e. The first-order valence-corrected chi connectivity index (χ1v) is 10.9. The van der Waals surface area contributed by atoms with Gasteiger partial charge in [0.15, 0.2) is 0 Å². The van der Waals surface area contributed by atoms with E-state index >= 15 is 0 Å². The fourth-order valence-electron chi connectivity index (χ4n) is 5.15. The van der Waals surface area contributed by atoms with Crippen LogP contribution in [0, 0.1) is 11.3 Å². The van der Waals surface area contributed by atoms with Crippen LogP contribution in [0.4, 0.5) is 0 Å². The Morgan fingerprint density at radius 1 is 1.21 bits per heavy atom. The van der Waals surface area contributed by atoms with Crippen molar-refractivity contribution in [2.45, 2.75) is 44.6 Å². The Balaban J connectivity index is 1.47. The Hall–Kier alpha value is -2.08. The molecule has 1 atom stereocenters. The van der Waals surface area contributed by atoms with Gasteiger partial charge in [0.05, 0.1) is 18.4 Å². The van der Waals surface area contributed by atoms with Crippen LogP contribution in [-0.4, -0.2) is 68.0 Å². The average molecular weight is 400 g/mol. The summed E-state index contributed by atoms with van der Waals surface area (Å²) in [5, 5.41) is 3.29. The van der Waals surface area contributed by atoms with Crippen molar-refractivity contribution in [3.8, 4) is 5.75 Å². The van der Waals surface area contributed by atoms with Crippen molar-refractivity contribution in [3.05, 3.63) is 29.8 Å². The maximum absolute atomic E-state index is 13.3. The van der Waals surface area contributed by atoms with Crippen LogP contribution in [0.3, 0.4) is 0 Å². The van der Waals surface area contributed by atoms with Crippen LogP contribution in [0.1, 0.15) is 37.7 Å². The van der Waals surface area contributed by atoms with Gasteiger partial charge in [-0.25, -0.2) is 0 Å². The molecule has 158 valence electrons. The number of amides is 2. The second-order valence-corrected chi connectivity index (χ2v) is 9.21. The Kier molecular flexibility index (Phi) is 5.81. The van der Waals surface area contributed by atoms with E-state index in [0.717, 1.165) is 43.7 Å². The summed E-state index contributed by atoms with van der Waals surface area (Å²) in [6.45, 7) is 2.83. The summed E-state index contributed by atoms with van der Waals surface area (Å²) in [6.07, 6.45) is 6.07. The zero-order valence-corrected chi connectivity index (χ0v) is 17.7. The van der Waals surface area contributed by atoms with Crippen molar-refractivity contribution in [3.63, 3.8) is 0 Å². The first-order chi connectivity index (χ1) is 14.0. The number of carbonyl (C=O) groups is 2. The van der Waals surface area contributed by atoms with Crippen LogP contribution >= 0.6 is 0 Å². The van der Waals surface area contributed by atoms with Crippen molar-refractivity contribution in [2.24, 2.45) is 11.3 Å². The van der Waals surface area contributed by atoms with E-state index in [1.165, 1.54) is 12.8 Å². The lowest BCUT2D eigenvalue weighted by Gasteiger charge is -2.50. The summed E-state index contributed by atoms with van der Waals surface area (Å²) in [5.74, 6) is 1.20. The number of benzene rings is 1. The third-order valence-corrected chi connectivity index (χ3v) is 6.89. The number of nitrogens with zero attached hydrogens (tertiary/aromatic N) is 2. The summed E-state index contributed by atoms with van der Waals surface area (Å²) < 4.78 is 5.36. The van der Waals surface area contributed by atoms with E-state index in [1.54, 1.807) is 7.11 Å². The van der Waals surface area contributed by atoms with Gasteiger partial charge in [-0.1, -0.05) is 25.0 Å². The van der Waals surface area contributed by atoms with Crippen molar-refractivity contribution in [2.75, 3.05) is 40.3 Å². The lowest BCUT2D eigenvalue weighted by atomic mass is 9.73. The highest BCUT2D eigenvalue weighted by Gasteiger charge is 2.52. The fraction of sp³-hybridized carbons (Fsp3) is 0.652. The number of methoxy groups -OCH3 is 1. The Bertz CT molecular complexity index is 753. The summed E-state index contributed by atoms with van der Waals surface area (Å²) in [4.78, 5) is 30.4. The molecule has 3 fully saturated rings. The van der Waals surface area contributed by atoms with Crippen LogP contribution in [-0.2, 0) is 16.0 Å². The number of hydrogen-bond donors (Lipinski definition) is 1. The highest BCUT2D eigenvalue weighted by Crippen LogP contribution is 2.37. The molecule has 2 aliphatic heterocycles. The van der Waals surface area contributed by atoms with Gasteiger partial charge in [-0.15, -0.1) is 0 Å².